The fourth-order valence-electron chi connectivity index (χ4n) is 5.43. The lowest BCUT2D eigenvalue weighted by Crippen LogP contribution is -2.33. The Bertz CT molecular complexity index is 3230. The lowest BCUT2D eigenvalue weighted by molar-refractivity contribution is -0.603. The monoisotopic (exact) mass is 895 g/mol. The molecule has 0 aliphatic rings. The van der Waals surface area contributed by atoms with Gasteiger partial charge in [-0.2, -0.15) is 33.7 Å². The van der Waals surface area contributed by atoms with Gasteiger partial charge in [0.25, 0.3) is 40.5 Å². The maximum atomic E-state index is 15.1. The summed E-state index contributed by atoms with van der Waals surface area (Å²) >= 11 is 0. The summed E-state index contributed by atoms with van der Waals surface area (Å²) < 4.78 is 168. The molecule has 0 radical (unpaired) electrons. The molecule has 0 aliphatic carbocycles. The van der Waals surface area contributed by atoms with Crippen LogP contribution >= 0.6 is 0 Å². The Morgan fingerprint density at radius 1 is 0.678 bits per heavy atom. The van der Waals surface area contributed by atoms with Crippen molar-refractivity contribution in [3.63, 3.8) is 0 Å². The summed E-state index contributed by atoms with van der Waals surface area (Å²) in [6.07, 6.45) is 3.20. The highest BCUT2D eigenvalue weighted by molar-refractivity contribution is 7.87. The minimum Gasteiger partial charge on any atom is -0.505 e. The molecule has 21 nitrogen and oxygen atoms in total. The van der Waals surface area contributed by atoms with E-state index in [0.717, 1.165) is 17.2 Å². The molecule has 0 fully saturated rings. The molecule has 6 rings (SSSR count). The number of pyridine rings is 1. The van der Waals surface area contributed by atoms with Crippen molar-refractivity contribution in [2.75, 3.05) is 10.6 Å². The maximum absolute atomic E-state index is 15.1. The van der Waals surface area contributed by atoms with Crippen molar-refractivity contribution in [2.24, 2.45) is 10.2 Å². The van der Waals surface area contributed by atoms with Gasteiger partial charge in [-0.3, -0.25) is 18.2 Å². The Kier molecular flexibility index (Phi) is 10.9. The van der Waals surface area contributed by atoms with Gasteiger partial charge in [-0.05, 0) is 82.8 Å². The summed E-state index contributed by atoms with van der Waals surface area (Å²) in [7, 11) is -22.4. The van der Waals surface area contributed by atoms with Crippen LogP contribution in [-0.4, -0.2) is 71.9 Å². The number of azo groups is 1. The second-order valence-electron chi connectivity index (χ2n) is 12.3. The number of aromatic nitrogens is 4. The Morgan fingerprint density at radius 2 is 1.31 bits per heavy atom. The average molecular weight is 896 g/mol. The van der Waals surface area contributed by atoms with Crippen LogP contribution in [-0.2, 0) is 40.5 Å². The number of aryl methyl sites for hydroxylation is 2. The third-order valence-corrected chi connectivity index (χ3v) is 11.4. The summed E-state index contributed by atoms with van der Waals surface area (Å²) in [6, 6.07) is 12.2. The Hall–Kier alpha value is -6.20. The zero-order valence-electron chi connectivity index (χ0n) is 29.5. The Balaban J connectivity index is 1.61. The van der Waals surface area contributed by atoms with E-state index in [1.807, 2.05) is 19.9 Å². The summed E-state index contributed by atoms with van der Waals surface area (Å²) in [6.45, 7) is 3.64. The van der Waals surface area contributed by atoms with E-state index in [1.54, 1.807) is 42.7 Å². The SMILES string of the molecule is Cc1cc[n+](-c2nc(Nc3cccc(C)c3)nc(Nc3cc(S(=O)(=O)O)cc4cc(S(=O)(=O)O)c(N=Nc5cc(F)c(S(=O)(=O)O)c(F)c5S(=O)(=O)O)c(O)c34)n2)cc1. The summed E-state index contributed by atoms with van der Waals surface area (Å²) in [5.74, 6) is -6.54. The van der Waals surface area contributed by atoms with Crippen molar-refractivity contribution in [1.29, 1.82) is 0 Å². The zero-order valence-corrected chi connectivity index (χ0v) is 32.8. The van der Waals surface area contributed by atoms with Gasteiger partial charge in [0.05, 0.1) is 23.0 Å². The topological polar surface area (TPSA) is 329 Å². The number of fused-ring (bicyclic) bond motifs is 1. The van der Waals surface area contributed by atoms with E-state index in [9.17, 15) is 61.4 Å². The molecule has 0 saturated heterocycles. The first kappa shape index (κ1) is 42.4. The molecule has 6 aromatic rings. The second-order valence-corrected chi connectivity index (χ2v) is 17.8. The van der Waals surface area contributed by atoms with Crippen LogP contribution in [0.5, 0.6) is 5.75 Å². The van der Waals surface area contributed by atoms with E-state index in [2.05, 4.69) is 35.8 Å². The molecular weight excluding hydrogens is 871 g/mol. The highest BCUT2D eigenvalue weighted by Crippen LogP contribution is 2.46. The third kappa shape index (κ3) is 9.10. The molecule has 4 aromatic carbocycles. The molecule has 27 heteroatoms. The van der Waals surface area contributed by atoms with Gasteiger partial charge >= 0.3 is 17.8 Å². The average Bonchev–Trinajstić information content (AvgIpc) is 3.09. The normalized spacial score (nSPS) is 12.6. The lowest BCUT2D eigenvalue weighted by atomic mass is 10.1. The van der Waals surface area contributed by atoms with E-state index in [4.69, 9.17) is 0 Å². The molecular formula is C32H25F2N8O13S4+. The van der Waals surface area contributed by atoms with Crippen LogP contribution < -0.4 is 15.2 Å². The summed E-state index contributed by atoms with van der Waals surface area (Å²) in [5, 5.41) is 22.6. The quantitative estimate of drug-likeness (QED) is 0.0522. The van der Waals surface area contributed by atoms with Gasteiger partial charge in [0.15, 0.2) is 21.4 Å². The molecule has 2 aromatic heterocycles. The predicted molar refractivity (Wildman–Crippen MR) is 199 cm³/mol. The van der Waals surface area contributed by atoms with Gasteiger partial charge in [0.2, 0.25) is 0 Å². The molecule has 0 aliphatic heterocycles. The molecule has 0 bridgehead atoms. The minimum absolute atomic E-state index is 0.0330. The van der Waals surface area contributed by atoms with Crippen LogP contribution in [0.3, 0.4) is 0 Å². The van der Waals surface area contributed by atoms with Gasteiger partial charge in [0, 0.05) is 17.1 Å². The van der Waals surface area contributed by atoms with E-state index >= 15 is 4.39 Å². The molecule has 0 unspecified atom stereocenters. The van der Waals surface area contributed by atoms with E-state index < -0.39 is 105 Å². The van der Waals surface area contributed by atoms with Crippen LogP contribution in [0, 0.1) is 25.5 Å². The van der Waals surface area contributed by atoms with Crippen LogP contribution in [0.2, 0.25) is 0 Å². The first-order valence-corrected chi connectivity index (χ1v) is 21.6. The van der Waals surface area contributed by atoms with Crippen LogP contribution in [0.15, 0.2) is 103 Å². The lowest BCUT2D eigenvalue weighted by Gasteiger charge is -2.14. The van der Waals surface area contributed by atoms with Gasteiger partial charge in [0.1, 0.15) is 22.1 Å². The largest absolute Gasteiger partial charge is 0.505 e. The van der Waals surface area contributed by atoms with Gasteiger partial charge in [-0.25, -0.2) is 13.3 Å². The van der Waals surface area contributed by atoms with Gasteiger partial charge in [-0.1, -0.05) is 12.1 Å². The number of hydrogen-bond acceptors (Lipinski definition) is 16. The molecule has 0 amide bonds. The molecule has 0 atom stereocenters. The van der Waals surface area contributed by atoms with Crippen molar-refractivity contribution >= 4 is 85.9 Å². The number of rotatable bonds is 11. The van der Waals surface area contributed by atoms with Crippen molar-refractivity contribution < 1.29 is 70.3 Å². The first-order valence-electron chi connectivity index (χ1n) is 15.8. The molecule has 59 heavy (non-hydrogen) atoms. The number of phenols is 1. The summed E-state index contributed by atoms with van der Waals surface area (Å²) in [5.41, 5.74) is -1.13. The van der Waals surface area contributed by atoms with Crippen molar-refractivity contribution in [3.05, 3.63) is 95.8 Å². The number of nitrogens with one attached hydrogen (secondary N) is 2. The highest BCUT2D eigenvalue weighted by atomic mass is 32.2. The standard InChI is InChI=1S/C32H24F2N8O13S4/c1-15-6-8-42(9-7-15)32-38-30(35-18-5-3-4-16(2)10-18)37-31(39-32)36-21-13-19(56(44,45)46)11-17-12-23(57(47,48)49)26(27(43)24(17)21)41-40-22-14-20(33)28(58(50,51)52)25(34)29(22)59(53,54)55/h3-14H,1-2H3,(H6-,35,36,37,38,39,40,43,44,45,46,47,48,49,50,51,52,53,54,55)/p+1. The molecule has 7 N–H and O–H groups in total. The third-order valence-electron chi connectivity index (χ3n) is 7.96. The van der Waals surface area contributed by atoms with E-state index in [1.165, 1.54) is 4.57 Å². The molecule has 2 heterocycles. The van der Waals surface area contributed by atoms with E-state index in [-0.39, 0.29) is 23.9 Å². The Labute approximate surface area is 331 Å². The number of phenolic OH excluding ortho intramolecular Hbond substituents is 1. The Morgan fingerprint density at radius 3 is 1.88 bits per heavy atom. The fourth-order valence-corrected chi connectivity index (χ4v) is 8.02. The fraction of sp³-hybridized carbons (Fsp3) is 0.0625. The zero-order chi connectivity index (χ0) is 43.4. The van der Waals surface area contributed by atoms with Crippen molar-refractivity contribution in [2.45, 2.75) is 33.4 Å². The van der Waals surface area contributed by atoms with Crippen LogP contribution in [0.25, 0.3) is 16.7 Å². The maximum Gasteiger partial charge on any atom is 0.444 e. The number of hydrogen-bond donors (Lipinski definition) is 7. The van der Waals surface area contributed by atoms with Gasteiger partial charge < -0.3 is 15.7 Å². The smallest absolute Gasteiger partial charge is 0.444 e. The van der Waals surface area contributed by atoms with Crippen molar-refractivity contribution in [3.8, 4) is 11.7 Å². The number of halogens is 2. The molecule has 0 saturated carbocycles. The van der Waals surface area contributed by atoms with Gasteiger partial charge in [-0.15, -0.1) is 15.2 Å². The molecule has 0 spiro atoms. The number of aromatic hydroxyl groups is 1. The van der Waals surface area contributed by atoms with Crippen LogP contribution in [0.4, 0.5) is 43.4 Å². The summed E-state index contributed by atoms with van der Waals surface area (Å²) in [4.78, 5) is 6.48. The first-order chi connectivity index (χ1) is 27.3. The molecule has 308 valence electrons. The number of anilines is 4. The second kappa shape index (κ2) is 15.2. The number of benzene rings is 4. The minimum atomic E-state index is -5.88. The highest BCUT2D eigenvalue weighted by Gasteiger charge is 2.33. The van der Waals surface area contributed by atoms with Crippen molar-refractivity contribution in [1.82, 2.24) is 15.0 Å². The van der Waals surface area contributed by atoms with E-state index in [0.29, 0.717) is 17.8 Å². The predicted octanol–water partition coefficient (Wildman–Crippen LogP) is 4.79. The van der Waals surface area contributed by atoms with Crippen LogP contribution in [0.1, 0.15) is 11.1 Å². The number of nitrogens with zero attached hydrogens (tertiary/aromatic N) is 6.